The van der Waals surface area contributed by atoms with Gasteiger partial charge in [-0.3, -0.25) is 4.57 Å². The molecule has 0 aliphatic carbocycles. The van der Waals surface area contributed by atoms with E-state index in [2.05, 4.69) is 16.4 Å². The molecule has 0 aliphatic heterocycles. The monoisotopic (exact) mass is 453 g/mol. The summed E-state index contributed by atoms with van der Waals surface area (Å²) in [6.45, 7) is 0. The van der Waals surface area contributed by atoms with Crippen molar-refractivity contribution < 1.29 is 4.79 Å². The number of nitriles is 1. The first-order valence-electron chi connectivity index (χ1n) is 10.0. The number of carbonyl (C=O) groups is 1. The van der Waals surface area contributed by atoms with Crippen LogP contribution in [0.25, 0.3) is 11.4 Å². The van der Waals surface area contributed by atoms with Gasteiger partial charge in [-0.15, -0.1) is 11.8 Å². The number of carbonyl (C=O) groups excluding carboxylic acids is 1. The smallest absolute Gasteiger partial charge is 0.306 e. The molecule has 0 radical (unpaired) electrons. The van der Waals surface area contributed by atoms with Gasteiger partial charge in [0.15, 0.2) is 5.49 Å². The molecule has 4 aromatic rings. The molecule has 3 aromatic carbocycles. The second kappa shape index (κ2) is 9.85. The van der Waals surface area contributed by atoms with Crippen LogP contribution in [0.4, 0.5) is 10.5 Å². The Bertz CT molecular complexity index is 1450. The van der Waals surface area contributed by atoms with E-state index in [0.29, 0.717) is 22.1 Å². The van der Waals surface area contributed by atoms with E-state index in [1.165, 1.54) is 20.9 Å². The zero-order chi connectivity index (χ0) is 23.2. The molecule has 0 bridgehead atoms. The largest absolute Gasteiger partial charge is 0.347 e. The third-order valence-corrected chi connectivity index (χ3v) is 5.57. The molecule has 1 aromatic heterocycles. The van der Waals surface area contributed by atoms with Gasteiger partial charge in [-0.2, -0.15) is 10.3 Å². The van der Waals surface area contributed by atoms with E-state index in [9.17, 15) is 14.9 Å². The molecule has 0 aliphatic rings. The van der Waals surface area contributed by atoms with E-state index < -0.39 is 11.7 Å². The zero-order valence-electron chi connectivity index (χ0n) is 17.7. The highest BCUT2D eigenvalue weighted by Crippen LogP contribution is 2.20. The Balaban J connectivity index is 2.05. The Morgan fingerprint density at radius 2 is 1.39 bits per heavy atom. The summed E-state index contributed by atoms with van der Waals surface area (Å²) < 4.78 is 2.75. The molecule has 0 spiro atoms. The number of benzene rings is 3. The van der Waals surface area contributed by atoms with Crippen molar-refractivity contribution in [3.05, 3.63) is 113 Å². The second-order valence-corrected chi connectivity index (χ2v) is 7.65. The molecule has 4 rings (SSSR count). The molecule has 2 amide bonds. The maximum absolute atomic E-state index is 13.8. The first-order chi connectivity index (χ1) is 16.1. The molecular weight excluding hydrogens is 434 g/mol. The van der Waals surface area contributed by atoms with Gasteiger partial charge in [0.05, 0.1) is 11.4 Å². The van der Waals surface area contributed by atoms with Crippen LogP contribution in [0.2, 0.25) is 0 Å². The van der Waals surface area contributed by atoms with Crippen molar-refractivity contribution in [1.82, 2.24) is 9.13 Å². The average molecular weight is 454 g/mol. The van der Waals surface area contributed by atoms with Gasteiger partial charge in [-0.05, 0) is 42.7 Å². The summed E-state index contributed by atoms with van der Waals surface area (Å²) in [6.07, 6.45) is 1.77. The maximum Gasteiger partial charge on any atom is 0.347 e. The minimum absolute atomic E-state index is 0.0290. The Morgan fingerprint density at radius 3 is 1.91 bits per heavy atom. The second-order valence-electron chi connectivity index (χ2n) is 6.85. The number of thioether (sulfide) groups is 1. The average Bonchev–Trinajstić information content (AvgIpc) is 2.85. The summed E-state index contributed by atoms with van der Waals surface area (Å²) in [6, 6.07) is 28.2. The van der Waals surface area contributed by atoms with Crippen molar-refractivity contribution >= 4 is 23.5 Å². The fourth-order valence-electron chi connectivity index (χ4n) is 3.38. The third kappa shape index (κ3) is 4.49. The predicted octanol–water partition coefficient (Wildman–Crippen LogP) is 4.35. The van der Waals surface area contributed by atoms with E-state index in [4.69, 9.17) is 0 Å². The van der Waals surface area contributed by atoms with Crippen molar-refractivity contribution in [3.8, 4) is 17.4 Å². The summed E-state index contributed by atoms with van der Waals surface area (Å²) in [7, 11) is 0. The number of hydrogen-bond acceptors (Lipinski definition) is 4. The van der Waals surface area contributed by atoms with Crippen LogP contribution in [-0.2, 0) is 0 Å². The Labute approximate surface area is 194 Å². The summed E-state index contributed by atoms with van der Waals surface area (Å²) in [5.41, 5.74) is 1.30. The molecule has 7 nitrogen and oxygen atoms in total. The normalized spacial score (nSPS) is 11.1. The topological polar surface area (TPSA) is 92.2 Å². The maximum atomic E-state index is 13.8. The molecule has 1 N–H and O–H groups in total. The molecule has 0 atom stereocenters. The van der Waals surface area contributed by atoms with E-state index in [1.54, 1.807) is 66.9 Å². The fourth-order valence-corrected chi connectivity index (χ4v) is 4.08. The van der Waals surface area contributed by atoms with Crippen molar-refractivity contribution in [2.24, 2.45) is 4.99 Å². The number of nitrogens with one attached hydrogen (secondary N) is 1. The fraction of sp³-hybridized carbons (Fsp3) is 0.0400. The van der Waals surface area contributed by atoms with Crippen molar-refractivity contribution in [1.29, 1.82) is 5.26 Å². The number of nitrogens with zero attached hydrogens (tertiary/aromatic N) is 4. The molecule has 1 heterocycles. The Kier molecular flexibility index (Phi) is 6.53. The van der Waals surface area contributed by atoms with Crippen LogP contribution in [0.1, 0.15) is 5.56 Å². The number of hydrogen-bond donors (Lipinski definition) is 1. The van der Waals surface area contributed by atoms with Crippen LogP contribution >= 0.6 is 11.8 Å². The van der Waals surface area contributed by atoms with Gasteiger partial charge >= 0.3 is 11.7 Å². The molecule has 0 fully saturated rings. The Morgan fingerprint density at radius 1 is 0.879 bits per heavy atom. The van der Waals surface area contributed by atoms with Crippen molar-refractivity contribution in [3.63, 3.8) is 0 Å². The van der Waals surface area contributed by atoms with E-state index >= 15 is 0 Å². The Hall–Kier alpha value is -4.35. The quantitative estimate of drug-likeness (QED) is 0.367. The summed E-state index contributed by atoms with van der Waals surface area (Å²) in [5.74, 6) is 0. The highest BCUT2D eigenvalue weighted by molar-refractivity contribution is 7.98. The number of rotatable bonds is 4. The molecule has 33 heavy (non-hydrogen) atoms. The van der Waals surface area contributed by atoms with Gasteiger partial charge in [0, 0.05) is 5.69 Å². The molecule has 162 valence electrons. The first-order valence-corrected chi connectivity index (χ1v) is 11.2. The van der Waals surface area contributed by atoms with Crippen molar-refractivity contribution in [2.45, 2.75) is 5.03 Å². The minimum Gasteiger partial charge on any atom is -0.306 e. The van der Waals surface area contributed by atoms with E-state index in [-0.39, 0.29) is 11.1 Å². The highest BCUT2D eigenvalue weighted by Gasteiger charge is 2.20. The lowest BCUT2D eigenvalue weighted by Gasteiger charge is -2.17. The minimum atomic E-state index is -0.689. The van der Waals surface area contributed by atoms with Crippen LogP contribution in [0.5, 0.6) is 0 Å². The lowest BCUT2D eigenvalue weighted by molar-refractivity contribution is 0.258. The van der Waals surface area contributed by atoms with Gasteiger partial charge in [0.25, 0.3) is 0 Å². The molecule has 0 saturated carbocycles. The SMILES string of the molecule is CSc1c(C#N)c(=NC(=O)Nc2ccccc2)n(-c2ccccc2)c(=O)n1-c1ccccc1. The van der Waals surface area contributed by atoms with Crippen LogP contribution in [-0.4, -0.2) is 21.4 Å². The van der Waals surface area contributed by atoms with Crippen LogP contribution in [0, 0.1) is 11.3 Å². The van der Waals surface area contributed by atoms with Gasteiger partial charge in [-0.1, -0.05) is 54.6 Å². The van der Waals surface area contributed by atoms with Crippen LogP contribution < -0.4 is 16.5 Å². The van der Waals surface area contributed by atoms with E-state index in [1.807, 2.05) is 30.3 Å². The number of amides is 2. The number of urea groups is 1. The molecule has 0 saturated heterocycles. The predicted molar refractivity (Wildman–Crippen MR) is 129 cm³/mol. The van der Waals surface area contributed by atoms with Gasteiger partial charge < -0.3 is 5.32 Å². The molecular formula is C25H19N5O2S. The van der Waals surface area contributed by atoms with Gasteiger partial charge in [0.2, 0.25) is 0 Å². The first kappa shape index (κ1) is 21.9. The van der Waals surface area contributed by atoms with Gasteiger partial charge in [-0.25, -0.2) is 14.2 Å². The van der Waals surface area contributed by atoms with E-state index in [0.717, 1.165) is 0 Å². The lowest BCUT2D eigenvalue weighted by atomic mass is 10.2. The zero-order valence-corrected chi connectivity index (χ0v) is 18.5. The summed E-state index contributed by atoms with van der Waals surface area (Å²) in [4.78, 5) is 30.7. The summed E-state index contributed by atoms with van der Waals surface area (Å²) >= 11 is 1.24. The number of anilines is 1. The lowest BCUT2D eigenvalue weighted by Crippen LogP contribution is -2.42. The summed E-state index contributed by atoms with van der Waals surface area (Å²) in [5, 5.41) is 13.2. The van der Waals surface area contributed by atoms with Crippen LogP contribution in [0.15, 0.2) is 106 Å². The highest BCUT2D eigenvalue weighted by atomic mass is 32.2. The van der Waals surface area contributed by atoms with Crippen LogP contribution in [0.3, 0.4) is 0 Å². The number of aromatic nitrogens is 2. The number of para-hydroxylation sites is 3. The molecule has 0 unspecified atom stereocenters. The van der Waals surface area contributed by atoms with Gasteiger partial charge in [0.1, 0.15) is 16.7 Å². The third-order valence-electron chi connectivity index (χ3n) is 4.80. The molecule has 8 heteroatoms. The van der Waals surface area contributed by atoms with Crippen molar-refractivity contribution in [2.75, 3.05) is 11.6 Å². The standard InChI is InChI=1S/C25H19N5O2S/c1-33-23-21(17-26)22(28-24(31)27-18-11-5-2-6-12-18)29(19-13-7-3-8-14-19)25(32)30(23)20-15-9-4-10-16-20/h2-16H,1H3,(H,27,31).